The molecule has 11 heteroatoms. The van der Waals surface area contributed by atoms with E-state index in [0.29, 0.717) is 11.4 Å². The molecule has 0 atom stereocenters. The number of ether oxygens (including phenoxy) is 1. The van der Waals surface area contributed by atoms with Crippen LogP contribution in [-0.4, -0.2) is 20.8 Å². The Balaban J connectivity index is 1.67. The second-order valence-electron chi connectivity index (χ2n) is 6.15. The number of alkyl halides is 3. The number of hydrogen-bond donors (Lipinski definition) is 3. The van der Waals surface area contributed by atoms with Crippen LogP contribution in [0.3, 0.4) is 0 Å². The summed E-state index contributed by atoms with van der Waals surface area (Å²) in [5, 5.41) is 5.20. The molecule has 0 aliphatic rings. The van der Waals surface area contributed by atoms with Crippen molar-refractivity contribution < 1.29 is 31.1 Å². The van der Waals surface area contributed by atoms with Crippen LogP contribution in [0.2, 0.25) is 0 Å². The van der Waals surface area contributed by atoms with Crippen molar-refractivity contribution in [1.29, 1.82) is 0 Å². The molecule has 3 rings (SSSR count). The molecular weight excluding hydrogens is 435 g/mol. The lowest BCUT2D eigenvalue weighted by Gasteiger charge is -2.12. The zero-order valence-electron chi connectivity index (χ0n) is 15.7. The Labute approximate surface area is 175 Å². The Morgan fingerprint density at radius 1 is 0.774 bits per heavy atom. The number of halogens is 3. The van der Waals surface area contributed by atoms with Gasteiger partial charge in [-0.2, -0.15) is 0 Å². The molecule has 0 spiro atoms. The van der Waals surface area contributed by atoms with Crippen LogP contribution < -0.4 is 20.1 Å². The highest BCUT2D eigenvalue weighted by Crippen LogP contribution is 2.25. The number of carbonyl (C=O) groups excluding carboxylic acids is 1. The Kier molecular flexibility index (Phi) is 6.35. The van der Waals surface area contributed by atoms with E-state index in [-0.39, 0.29) is 10.6 Å². The van der Waals surface area contributed by atoms with Gasteiger partial charge in [0.25, 0.3) is 10.0 Å². The van der Waals surface area contributed by atoms with E-state index in [4.69, 9.17) is 0 Å². The summed E-state index contributed by atoms with van der Waals surface area (Å²) in [6.45, 7) is 0. The highest BCUT2D eigenvalue weighted by Gasteiger charge is 2.31. The molecule has 0 radical (unpaired) electrons. The maximum absolute atomic E-state index is 12.5. The number of sulfonamides is 1. The van der Waals surface area contributed by atoms with Gasteiger partial charge in [-0.1, -0.05) is 24.3 Å². The maximum Gasteiger partial charge on any atom is 0.573 e. The van der Waals surface area contributed by atoms with E-state index in [1.807, 2.05) is 0 Å². The van der Waals surface area contributed by atoms with Gasteiger partial charge >= 0.3 is 12.4 Å². The second-order valence-corrected chi connectivity index (χ2v) is 7.83. The summed E-state index contributed by atoms with van der Waals surface area (Å²) in [7, 11) is -4.08. The molecule has 0 aliphatic heterocycles. The molecule has 0 aliphatic carbocycles. The van der Waals surface area contributed by atoms with E-state index in [1.165, 1.54) is 18.2 Å². The Hall–Kier alpha value is -3.73. The molecule has 0 saturated carbocycles. The quantitative estimate of drug-likeness (QED) is 0.490. The number of rotatable bonds is 6. The summed E-state index contributed by atoms with van der Waals surface area (Å²) in [4.78, 5) is 11.8. The van der Waals surface area contributed by atoms with Crippen LogP contribution >= 0.6 is 0 Å². The summed E-state index contributed by atoms with van der Waals surface area (Å²) in [5.74, 6) is -0.540. The molecule has 162 valence electrons. The first-order valence-corrected chi connectivity index (χ1v) is 10.2. The van der Waals surface area contributed by atoms with Crippen molar-refractivity contribution in [1.82, 2.24) is 0 Å². The van der Waals surface area contributed by atoms with E-state index in [0.717, 1.165) is 24.3 Å². The van der Waals surface area contributed by atoms with Crippen LogP contribution in [0, 0.1) is 0 Å². The Morgan fingerprint density at radius 2 is 1.35 bits per heavy atom. The molecule has 0 heterocycles. The van der Waals surface area contributed by atoms with E-state index in [2.05, 4.69) is 20.1 Å². The number of nitrogens with one attached hydrogen (secondary N) is 3. The van der Waals surface area contributed by atoms with Gasteiger partial charge in [0.1, 0.15) is 5.75 Å². The van der Waals surface area contributed by atoms with Gasteiger partial charge in [-0.15, -0.1) is 13.2 Å². The zero-order chi connectivity index (χ0) is 22.5. The number of amides is 2. The van der Waals surface area contributed by atoms with Gasteiger partial charge in [0.2, 0.25) is 0 Å². The lowest BCUT2D eigenvalue weighted by atomic mass is 10.3. The molecule has 31 heavy (non-hydrogen) atoms. The summed E-state index contributed by atoms with van der Waals surface area (Å²) >= 11 is 0. The number of anilines is 3. The minimum absolute atomic E-state index is 0.146. The van der Waals surface area contributed by atoms with Crippen LogP contribution in [0.4, 0.5) is 35.0 Å². The molecular formula is C20H16F3N3O4S. The monoisotopic (exact) mass is 451 g/mol. The first-order chi connectivity index (χ1) is 14.6. The third-order valence-electron chi connectivity index (χ3n) is 3.77. The fourth-order valence-corrected chi connectivity index (χ4v) is 3.56. The number of para-hydroxylation sites is 1. The molecule has 0 saturated heterocycles. The minimum Gasteiger partial charge on any atom is -0.406 e. The molecule has 0 aromatic heterocycles. The average molecular weight is 451 g/mol. The van der Waals surface area contributed by atoms with Crippen molar-refractivity contribution in [2.24, 2.45) is 0 Å². The predicted octanol–water partition coefficient (Wildman–Crippen LogP) is 5.03. The van der Waals surface area contributed by atoms with Gasteiger partial charge in [-0.05, 0) is 54.6 Å². The van der Waals surface area contributed by atoms with Crippen LogP contribution in [0.25, 0.3) is 0 Å². The number of carbonyl (C=O) groups is 1. The van der Waals surface area contributed by atoms with E-state index >= 15 is 0 Å². The topological polar surface area (TPSA) is 96.5 Å². The predicted molar refractivity (Wildman–Crippen MR) is 109 cm³/mol. The van der Waals surface area contributed by atoms with Crippen LogP contribution in [0.1, 0.15) is 0 Å². The van der Waals surface area contributed by atoms with Gasteiger partial charge in [-0.25, -0.2) is 13.2 Å². The highest BCUT2D eigenvalue weighted by atomic mass is 32.2. The largest absolute Gasteiger partial charge is 0.573 e. The van der Waals surface area contributed by atoms with Crippen LogP contribution in [0.15, 0.2) is 83.8 Å². The van der Waals surface area contributed by atoms with Gasteiger partial charge in [0.05, 0.1) is 10.6 Å². The molecule has 0 unspecified atom stereocenters. The molecule has 3 aromatic rings. The first kappa shape index (κ1) is 22.0. The van der Waals surface area contributed by atoms with Gasteiger partial charge in [-0.3, -0.25) is 4.72 Å². The third-order valence-corrected chi connectivity index (χ3v) is 5.17. The van der Waals surface area contributed by atoms with Crippen molar-refractivity contribution in [2.45, 2.75) is 11.3 Å². The molecule has 7 nitrogen and oxygen atoms in total. The van der Waals surface area contributed by atoms with Gasteiger partial charge in [0.15, 0.2) is 0 Å². The van der Waals surface area contributed by atoms with Crippen molar-refractivity contribution in [3.05, 3.63) is 78.9 Å². The van der Waals surface area contributed by atoms with E-state index in [9.17, 15) is 26.4 Å². The van der Waals surface area contributed by atoms with Crippen molar-refractivity contribution in [2.75, 3.05) is 15.4 Å². The van der Waals surface area contributed by atoms with Crippen molar-refractivity contribution >= 4 is 33.1 Å². The van der Waals surface area contributed by atoms with E-state index < -0.39 is 28.2 Å². The Morgan fingerprint density at radius 3 is 2.00 bits per heavy atom. The zero-order valence-corrected chi connectivity index (χ0v) is 16.5. The molecule has 3 aromatic carbocycles. The summed E-state index contributed by atoms with van der Waals surface area (Å²) in [6, 6.07) is 17.9. The SMILES string of the molecule is O=C(Nc1ccccc1)Nc1cccc(NS(=O)(=O)c2ccc(OC(F)(F)F)cc2)c1. The second kappa shape index (κ2) is 8.96. The standard InChI is InChI=1S/C20H16F3N3O4S/c21-20(22,23)30-17-9-11-18(12-10-17)31(28,29)26-16-8-4-7-15(13-16)25-19(27)24-14-5-2-1-3-6-14/h1-13,26H,(H2,24,25,27). The smallest absolute Gasteiger partial charge is 0.406 e. The summed E-state index contributed by atoms with van der Waals surface area (Å²) in [6.07, 6.45) is -4.88. The van der Waals surface area contributed by atoms with Gasteiger partial charge in [0, 0.05) is 11.4 Å². The van der Waals surface area contributed by atoms with E-state index in [1.54, 1.807) is 36.4 Å². The summed E-state index contributed by atoms with van der Waals surface area (Å²) in [5.41, 5.74) is 1.05. The van der Waals surface area contributed by atoms with Crippen molar-refractivity contribution in [3.63, 3.8) is 0 Å². The minimum atomic E-state index is -4.88. The fraction of sp³-hybridized carbons (Fsp3) is 0.0500. The highest BCUT2D eigenvalue weighted by molar-refractivity contribution is 7.92. The molecule has 0 fully saturated rings. The number of urea groups is 1. The lowest BCUT2D eigenvalue weighted by Crippen LogP contribution is -2.19. The maximum atomic E-state index is 12.5. The number of hydrogen-bond acceptors (Lipinski definition) is 4. The molecule has 2 amide bonds. The fourth-order valence-electron chi connectivity index (χ4n) is 2.51. The molecule has 3 N–H and O–H groups in total. The van der Waals surface area contributed by atoms with Crippen molar-refractivity contribution in [3.8, 4) is 5.75 Å². The van der Waals surface area contributed by atoms with Gasteiger partial charge < -0.3 is 15.4 Å². The lowest BCUT2D eigenvalue weighted by molar-refractivity contribution is -0.274. The normalized spacial score (nSPS) is 11.5. The van der Waals surface area contributed by atoms with Crippen LogP contribution in [0.5, 0.6) is 5.75 Å². The number of benzene rings is 3. The first-order valence-electron chi connectivity index (χ1n) is 8.72. The third kappa shape index (κ3) is 6.64. The summed E-state index contributed by atoms with van der Waals surface area (Å²) < 4.78 is 67.7. The Bertz CT molecular complexity index is 1150. The average Bonchev–Trinajstić information content (AvgIpc) is 2.68. The van der Waals surface area contributed by atoms with Crippen LogP contribution in [-0.2, 0) is 10.0 Å². The molecule has 0 bridgehead atoms.